The van der Waals surface area contributed by atoms with Crippen LogP contribution in [0.2, 0.25) is 0 Å². The third kappa shape index (κ3) is 3.26. The summed E-state index contributed by atoms with van der Waals surface area (Å²) in [4.78, 5) is 10.5. The lowest BCUT2D eigenvalue weighted by Crippen LogP contribution is -2.11. The molecule has 0 aromatic heterocycles. The van der Waals surface area contributed by atoms with Crippen molar-refractivity contribution in [2.45, 2.75) is 33.1 Å². The quantitative estimate of drug-likeness (QED) is 0.833. The molecule has 88 valence electrons. The zero-order valence-corrected chi connectivity index (χ0v) is 9.99. The van der Waals surface area contributed by atoms with E-state index in [0.717, 1.165) is 12.0 Å². The van der Waals surface area contributed by atoms with Crippen molar-refractivity contribution in [3.05, 3.63) is 29.3 Å². The van der Waals surface area contributed by atoms with Gasteiger partial charge in [0, 0.05) is 0 Å². The Morgan fingerprint density at radius 2 is 2.12 bits per heavy atom. The molecule has 0 radical (unpaired) electrons. The van der Waals surface area contributed by atoms with E-state index in [0.29, 0.717) is 11.7 Å². The normalized spacial score (nSPS) is 10.5. The number of carboxylic acid groups (broad SMARTS) is 1. The molecular weight excluding hydrogens is 204 g/mol. The van der Waals surface area contributed by atoms with Gasteiger partial charge in [-0.25, -0.2) is 4.79 Å². The molecule has 0 heterocycles. The van der Waals surface area contributed by atoms with E-state index < -0.39 is 5.97 Å². The second kappa shape index (κ2) is 5.54. The maximum atomic E-state index is 10.5. The van der Waals surface area contributed by atoms with Gasteiger partial charge in [0.15, 0.2) is 6.61 Å². The molecule has 0 aliphatic rings. The topological polar surface area (TPSA) is 46.5 Å². The number of rotatable bonds is 5. The minimum Gasteiger partial charge on any atom is -0.482 e. The molecule has 3 heteroatoms. The highest BCUT2D eigenvalue weighted by Gasteiger charge is 2.09. The molecule has 0 amide bonds. The van der Waals surface area contributed by atoms with E-state index in [1.807, 2.05) is 12.1 Å². The fourth-order valence-corrected chi connectivity index (χ4v) is 1.54. The first-order valence-electron chi connectivity index (χ1n) is 5.52. The molecule has 0 bridgehead atoms. The maximum absolute atomic E-state index is 10.5. The van der Waals surface area contributed by atoms with Crippen molar-refractivity contribution >= 4 is 5.97 Å². The largest absolute Gasteiger partial charge is 0.482 e. The third-order valence-corrected chi connectivity index (χ3v) is 2.46. The number of hydrogen-bond acceptors (Lipinski definition) is 2. The van der Waals surface area contributed by atoms with Gasteiger partial charge in [-0.05, 0) is 29.5 Å². The molecule has 0 spiro atoms. The molecule has 0 aliphatic heterocycles. The lowest BCUT2D eigenvalue weighted by atomic mass is 9.99. The van der Waals surface area contributed by atoms with Crippen molar-refractivity contribution in [3.63, 3.8) is 0 Å². The van der Waals surface area contributed by atoms with Crippen LogP contribution in [0.4, 0.5) is 0 Å². The van der Waals surface area contributed by atoms with Gasteiger partial charge in [0.2, 0.25) is 0 Å². The number of carbonyl (C=O) groups is 1. The molecule has 0 saturated carbocycles. The lowest BCUT2D eigenvalue weighted by molar-refractivity contribution is -0.139. The highest BCUT2D eigenvalue weighted by atomic mass is 16.5. The van der Waals surface area contributed by atoms with Crippen LogP contribution in [0.5, 0.6) is 5.75 Å². The summed E-state index contributed by atoms with van der Waals surface area (Å²) in [6.07, 6.45) is 0.971. The Morgan fingerprint density at radius 3 is 2.62 bits per heavy atom. The molecule has 1 N–H and O–H groups in total. The molecule has 0 fully saturated rings. The fourth-order valence-electron chi connectivity index (χ4n) is 1.54. The average molecular weight is 222 g/mol. The van der Waals surface area contributed by atoms with Gasteiger partial charge >= 0.3 is 5.97 Å². The minimum absolute atomic E-state index is 0.287. The van der Waals surface area contributed by atoms with Gasteiger partial charge in [0.25, 0.3) is 0 Å². The van der Waals surface area contributed by atoms with Crippen LogP contribution < -0.4 is 4.74 Å². The third-order valence-electron chi connectivity index (χ3n) is 2.46. The summed E-state index contributed by atoms with van der Waals surface area (Å²) in [7, 11) is 0. The van der Waals surface area contributed by atoms with Gasteiger partial charge in [-0.3, -0.25) is 0 Å². The first-order chi connectivity index (χ1) is 7.54. The molecule has 1 aromatic carbocycles. The van der Waals surface area contributed by atoms with Crippen LogP contribution >= 0.6 is 0 Å². The van der Waals surface area contributed by atoms with Gasteiger partial charge in [0.05, 0.1) is 0 Å². The van der Waals surface area contributed by atoms with Crippen molar-refractivity contribution in [2.75, 3.05) is 6.61 Å². The number of carboxylic acids is 1. The van der Waals surface area contributed by atoms with E-state index in [4.69, 9.17) is 9.84 Å². The molecule has 0 aliphatic carbocycles. The van der Waals surface area contributed by atoms with Crippen molar-refractivity contribution in [2.24, 2.45) is 0 Å². The molecule has 0 saturated heterocycles. The Kier molecular flexibility index (Phi) is 4.35. The second-order valence-corrected chi connectivity index (χ2v) is 4.06. The smallest absolute Gasteiger partial charge is 0.341 e. The van der Waals surface area contributed by atoms with Crippen LogP contribution in [0.3, 0.4) is 0 Å². The predicted molar refractivity (Wildman–Crippen MR) is 63.0 cm³/mol. The maximum Gasteiger partial charge on any atom is 0.341 e. The Hall–Kier alpha value is -1.51. The van der Waals surface area contributed by atoms with E-state index in [1.54, 1.807) is 0 Å². The average Bonchev–Trinajstić information content (AvgIpc) is 2.25. The van der Waals surface area contributed by atoms with Crippen molar-refractivity contribution < 1.29 is 14.6 Å². The van der Waals surface area contributed by atoms with Crippen LogP contribution in [0.1, 0.15) is 37.8 Å². The lowest BCUT2D eigenvalue weighted by Gasteiger charge is -2.14. The van der Waals surface area contributed by atoms with Gasteiger partial charge in [0.1, 0.15) is 5.75 Å². The van der Waals surface area contributed by atoms with E-state index in [9.17, 15) is 4.79 Å². The summed E-state index contributed by atoms with van der Waals surface area (Å²) < 4.78 is 5.26. The van der Waals surface area contributed by atoms with Crippen molar-refractivity contribution in [1.82, 2.24) is 0 Å². The molecule has 0 unspecified atom stereocenters. The number of benzene rings is 1. The zero-order chi connectivity index (χ0) is 12.1. The van der Waals surface area contributed by atoms with E-state index in [2.05, 4.69) is 26.8 Å². The Balaban J connectivity index is 2.93. The summed E-state index contributed by atoms with van der Waals surface area (Å²) in [6, 6.07) is 5.92. The molecular formula is C13H18O3. The highest BCUT2D eigenvalue weighted by molar-refractivity contribution is 5.68. The van der Waals surface area contributed by atoms with Crippen molar-refractivity contribution in [1.29, 1.82) is 0 Å². The summed E-state index contributed by atoms with van der Waals surface area (Å²) >= 11 is 0. The van der Waals surface area contributed by atoms with Crippen LogP contribution in [-0.4, -0.2) is 17.7 Å². The summed E-state index contributed by atoms with van der Waals surface area (Å²) in [5.41, 5.74) is 2.31. The Morgan fingerprint density at radius 1 is 1.44 bits per heavy atom. The first kappa shape index (κ1) is 12.6. The van der Waals surface area contributed by atoms with Gasteiger partial charge in [-0.1, -0.05) is 32.9 Å². The molecule has 16 heavy (non-hydrogen) atoms. The van der Waals surface area contributed by atoms with Crippen LogP contribution in [0.15, 0.2) is 18.2 Å². The molecule has 1 aromatic rings. The number of ether oxygens (including phenoxy) is 1. The highest BCUT2D eigenvalue weighted by Crippen LogP contribution is 2.27. The number of hydrogen-bond donors (Lipinski definition) is 1. The van der Waals surface area contributed by atoms with Crippen LogP contribution in [0, 0.1) is 0 Å². The summed E-state index contributed by atoms with van der Waals surface area (Å²) in [5, 5.41) is 8.58. The van der Waals surface area contributed by atoms with Crippen LogP contribution in [-0.2, 0) is 11.2 Å². The summed E-state index contributed by atoms with van der Waals surface area (Å²) in [5.74, 6) is 0.0548. The van der Waals surface area contributed by atoms with Crippen molar-refractivity contribution in [3.8, 4) is 5.75 Å². The van der Waals surface area contributed by atoms with Gasteiger partial charge in [-0.15, -0.1) is 0 Å². The predicted octanol–water partition coefficient (Wildman–Crippen LogP) is 2.84. The van der Waals surface area contributed by atoms with Gasteiger partial charge < -0.3 is 9.84 Å². The molecule has 0 atom stereocenters. The standard InChI is InChI=1S/C13H18O3/c1-4-10-5-6-12(16-8-13(14)15)11(7-10)9(2)3/h5-7,9H,4,8H2,1-3H3,(H,14,15). The first-order valence-corrected chi connectivity index (χ1v) is 5.52. The monoisotopic (exact) mass is 222 g/mol. The Labute approximate surface area is 96.1 Å². The number of aliphatic carboxylic acids is 1. The van der Waals surface area contributed by atoms with Crippen LogP contribution in [0.25, 0.3) is 0 Å². The van der Waals surface area contributed by atoms with E-state index in [1.165, 1.54) is 5.56 Å². The molecule has 3 nitrogen and oxygen atoms in total. The fraction of sp³-hybridized carbons (Fsp3) is 0.462. The Bertz CT molecular complexity index is 369. The van der Waals surface area contributed by atoms with Gasteiger partial charge in [-0.2, -0.15) is 0 Å². The minimum atomic E-state index is -0.950. The number of aryl methyl sites for hydroxylation is 1. The van der Waals surface area contributed by atoms with E-state index in [-0.39, 0.29) is 6.61 Å². The summed E-state index contributed by atoms with van der Waals surface area (Å²) in [6.45, 7) is 5.95. The van der Waals surface area contributed by atoms with E-state index >= 15 is 0 Å². The zero-order valence-electron chi connectivity index (χ0n) is 9.99. The molecule has 1 rings (SSSR count). The SMILES string of the molecule is CCc1ccc(OCC(=O)O)c(C(C)C)c1. The second-order valence-electron chi connectivity index (χ2n) is 4.06.